The predicted molar refractivity (Wildman–Crippen MR) is 190 cm³/mol. The summed E-state index contributed by atoms with van der Waals surface area (Å²) >= 11 is 1.54. The van der Waals surface area contributed by atoms with Crippen LogP contribution >= 0.6 is 11.3 Å². The van der Waals surface area contributed by atoms with Crippen molar-refractivity contribution in [3.8, 4) is 11.8 Å². The van der Waals surface area contributed by atoms with Crippen LogP contribution in [0.15, 0.2) is 47.6 Å². The molecule has 3 aliphatic heterocycles. The van der Waals surface area contributed by atoms with Gasteiger partial charge in [0.25, 0.3) is 0 Å². The molecule has 8 atom stereocenters. The van der Waals surface area contributed by atoms with E-state index in [1.807, 2.05) is 63.2 Å². The number of hydrogen-bond acceptors (Lipinski definition) is 8. The topological polar surface area (TPSA) is 97.5 Å². The zero-order valence-electron chi connectivity index (χ0n) is 29.8. The summed E-state index contributed by atoms with van der Waals surface area (Å²) in [5.41, 5.74) is -0.312. The second-order valence-corrected chi connectivity index (χ2v) is 15.6. The van der Waals surface area contributed by atoms with Gasteiger partial charge in [-0.1, -0.05) is 68.1 Å². The zero-order valence-corrected chi connectivity index (χ0v) is 30.6. The summed E-state index contributed by atoms with van der Waals surface area (Å²) in [7, 11) is 1.47. The van der Waals surface area contributed by atoms with Crippen molar-refractivity contribution in [1.82, 2.24) is 4.90 Å². The fourth-order valence-corrected chi connectivity index (χ4v) is 9.09. The maximum absolute atomic E-state index is 13.6. The number of amides is 2. The fraction of sp³-hybridized carbons (Fsp3) is 0.564. The van der Waals surface area contributed by atoms with Gasteiger partial charge in [0, 0.05) is 37.1 Å². The van der Waals surface area contributed by atoms with Crippen LogP contribution in [-0.2, 0) is 30.5 Å². The molecule has 262 valence electrons. The Hall–Kier alpha value is -3.97. The van der Waals surface area contributed by atoms with Crippen molar-refractivity contribution < 1.29 is 33.3 Å². The lowest BCUT2D eigenvalue weighted by Gasteiger charge is -2.40. The average Bonchev–Trinajstić information content (AvgIpc) is 3.56. The third-order valence-electron chi connectivity index (χ3n) is 10.6. The monoisotopic (exact) mass is 688 g/mol. The van der Waals surface area contributed by atoms with Gasteiger partial charge in [-0.15, -0.1) is 11.3 Å². The largest absolute Gasteiger partial charge is 0.455 e. The van der Waals surface area contributed by atoms with Crippen molar-refractivity contribution in [2.45, 2.75) is 110 Å². The molecule has 3 aliphatic rings. The smallest absolute Gasteiger partial charge is 0.416 e. The Morgan fingerprint density at radius 1 is 1.10 bits per heavy atom. The van der Waals surface area contributed by atoms with E-state index in [1.165, 1.54) is 7.05 Å². The van der Waals surface area contributed by atoms with Crippen LogP contribution in [0.25, 0.3) is 0 Å². The lowest BCUT2D eigenvalue weighted by atomic mass is 9.72. The minimum atomic E-state index is -1.02. The molecule has 1 unspecified atom stereocenters. The molecular weight excluding hydrogens is 639 g/mol. The molecule has 0 N–H and O–H groups in total. The predicted octanol–water partition coefficient (Wildman–Crippen LogP) is 7.05. The van der Waals surface area contributed by atoms with E-state index < -0.39 is 23.7 Å². The number of imide groups is 1. The average molecular weight is 689 g/mol. The normalized spacial score (nSPS) is 32.3. The molecule has 1 aromatic carbocycles. The van der Waals surface area contributed by atoms with Crippen LogP contribution in [0, 0.1) is 35.0 Å². The van der Waals surface area contributed by atoms with Gasteiger partial charge in [-0.3, -0.25) is 14.5 Å². The number of esters is 1. The summed E-state index contributed by atoms with van der Waals surface area (Å²) in [5.74, 6) is 5.31. The molecule has 4 heterocycles. The first kappa shape index (κ1) is 36.3. The Morgan fingerprint density at radius 3 is 2.59 bits per heavy atom. The highest BCUT2D eigenvalue weighted by atomic mass is 32.1. The summed E-state index contributed by atoms with van der Waals surface area (Å²) < 4.78 is 14.5. The SMILES string of the molecule is CC[C@H]1OC(=O)N(C)C(=O)[C@H](C)C[C@](C)(CC#Cc2ccc(C=NOCc3ccccc3)s2)C[C@@H](C)[N+]2=CCCC3C(=O)O[C@@]1(C)[C@H]3[C@H]2C. The molecule has 5 rings (SSSR count). The summed E-state index contributed by atoms with van der Waals surface area (Å²) in [5, 5.41) is 4.12. The quantitative estimate of drug-likeness (QED) is 0.106. The minimum absolute atomic E-state index is 0.0374. The van der Waals surface area contributed by atoms with E-state index in [-0.39, 0.29) is 41.2 Å². The lowest BCUT2D eigenvalue weighted by molar-refractivity contribution is -0.604. The van der Waals surface area contributed by atoms with Crippen LogP contribution in [0.1, 0.15) is 95.4 Å². The van der Waals surface area contributed by atoms with Crippen LogP contribution in [0.4, 0.5) is 4.79 Å². The third-order valence-corrected chi connectivity index (χ3v) is 11.5. The van der Waals surface area contributed by atoms with Crippen LogP contribution in [0.2, 0.25) is 0 Å². The van der Waals surface area contributed by atoms with Gasteiger partial charge in [0.05, 0.1) is 22.9 Å². The fourth-order valence-electron chi connectivity index (χ4n) is 8.34. The Balaban J connectivity index is 1.38. The number of nitrogens with zero attached hydrogens (tertiary/aromatic N) is 3. The molecule has 10 heteroatoms. The number of oxime groups is 1. The van der Waals surface area contributed by atoms with Gasteiger partial charge in [0.15, 0.2) is 11.6 Å². The van der Waals surface area contributed by atoms with Crippen molar-refractivity contribution in [3.05, 3.63) is 57.8 Å². The van der Waals surface area contributed by atoms with Crippen LogP contribution in [0.3, 0.4) is 0 Å². The van der Waals surface area contributed by atoms with E-state index in [1.54, 1.807) is 17.6 Å². The molecule has 0 aliphatic carbocycles. The molecule has 2 amide bonds. The summed E-state index contributed by atoms with van der Waals surface area (Å²) in [6.45, 7) is 12.7. The molecule has 0 radical (unpaired) electrons. The van der Waals surface area contributed by atoms with Crippen molar-refractivity contribution in [2.24, 2.45) is 28.3 Å². The van der Waals surface area contributed by atoms with E-state index in [2.05, 4.69) is 48.6 Å². The number of thiophene rings is 1. The first-order valence-electron chi connectivity index (χ1n) is 17.4. The van der Waals surface area contributed by atoms with Gasteiger partial charge in [-0.05, 0) is 63.1 Å². The van der Waals surface area contributed by atoms with Crippen LogP contribution in [-0.4, -0.2) is 70.7 Å². The van der Waals surface area contributed by atoms with Crippen molar-refractivity contribution in [2.75, 3.05) is 7.05 Å². The standard InChI is InChI=1S/C39H50N3O6S/c1-8-33-39(6)34-28(4)42(21-13-17-32(34)36(44)48-39)27(3)23-38(5,22-26(2)35(43)41(7)37(45)47-33)20-12-16-30-18-19-31(49-30)24-40-46-25-29-14-10-9-11-15-29/h9-11,14-15,18-19,21,24,26-28,32-34H,8,13,17,20,22-23,25H2,1-7H3/q+1/t26-,27-,28-,32?,33-,34+,38+,39-/m1/s1. The van der Waals surface area contributed by atoms with Crippen LogP contribution in [0.5, 0.6) is 0 Å². The van der Waals surface area contributed by atoms with E-state index in [0.717, 1.165) is 33.1 Å². The highest BCUT2D eigenvalue weighted by Crippen LogP contribution is 2.48. The van der Waals surface area contributed by atoms with E-state index in [9.17, 15) is 14.4 Å². The molecule has 2 fully saturated rings. The maximum Gasteiger partial charge on any atom is 0.416 e. The van der Waals surface area contributed by atoms with Gasteiger partial charge in [0.1, 0.15) is 25.0 Å². The maximum atomic E-state index is 13.6. The molecule has 1 aromatic heterocycles. The third kappa shape index (κ3) is 8.09. The number of rotatable bonds is 6. The zero-order chi connectivity index (χ0) is 35.3. The van der Waals surface area contributed by atoms with Crippen molar-refractivity contribution in [1.29, 1.82) is 0 Å². The molecule has 2 aromatic rings. The van der Waals surface area contributed by atoms with Gasteiger partial charge in [0.2, 0.25) is 5.91 Å². The van der Waals surface area contributed by atoms with Crippen molar-refractivity contribution in [3.63, 3.8) is 0 Å². The first-order valence-corrected chi connectivity index (χ1v) is 18.3. The van der Waals surface area contributed by atoms with E-state index in [0.29, 0.717) is 32.3 Å². The number of fused-ring (bicyclic) bond motifs is 1. The molecule has 0 spiro atoms. The summed E-state index contributed by atoms with van der Waals surface area (Å²) in [6, 6.07) is 13.9. The lowest BCUT2D eigenvalue weighted by Crippen LogP contribution is -2.55. The number of carbonyl (C=O) groups is 3. The van der Waals surface area contributed by atoms with Gasteiger partial charge in [-0.2, -0.15) is 0 Å². The molecule has 2 bridgehead atoms. The number of ether oxygens (including phenoxy) is 2. The first-order chi connectivity index (χ1) is 23.3. The second-order valence-electron chi connectivity index (χ2n) is 14.5. The minimum Gasteiger partial charge on any atom is -0.455 e. The van der Waals surface area contributed by atoms with Crippen molar-refractivity contribution >= 4 is 41.7 Å². The number of hydrogen-bond donors (Lipinski definition) is 0. The highest BCUT2D eigenvalue weighted by molar-refractivity contribution is 7.14. The number of cyclic esters (lactones) is 1. The highest BCUT2D eigenvalue weighted by Gasteiger charge is 2.62. The summed E-state index contributed by atoms with van der Waals surface area (Å²) in [4.78, 5) is 48.7. The Bertz CT molecular complexity index is 1640. The van der Waals surface area contributed by atoms with Gasteiger partial charge in [-0.25, -0.2) is 9.37 Å². The number of carbonyl (C=O) groups excluding carboxylic acids is 3. The Kier molecular flexibility index (Phi) is 11.3. The molecule has 9 nitrogen and oxygen atoms in total. The Labute approximate surface area is 294 Å². The van der Waals surface area contributed by atoms with Gasteiger partial charge >= 0.3 is 12.1 Å². The molecule has 49 heavy (non-hydrogen) atoms. The molecular formula is C39H50N3O6S+. The molecule has 2 saturated heterocycles. The number of benzene rings is 1. The second kappa shape index (κ2) is 15.3. The Morgan fingerprint density at radius 2 is 1.86 bits per heavy atom. The summed E-state index contributed by atoms with van der Waals surface area (Å²) in [6.07, 6.45) is 6.33. The van der Waals surface area contributed by atoms with E-state index >= 15 is 0 Å². The van der Waals surface area contributed by atoms with Crippen LogP contribution < -0.4 is 0 Å². The van der Waals surface area contributed by atoms with Gasteiger partial charge < -0.3 is 14.3 Å². The van der Waals surface area contributed by atoms with E-state index in [4.69, 9.17) is 14.3 Å². The molecule has 0 saturated carbocycles.